The molecule has 0 aromatic heterocycles. The van der Waals surface area contributed by atoms with Crippen LogP contribution in [0.1, 0.15) is 5.56 Å². The minimum Gasteiger partial charge on any atom is -0.492 e. The standard InChI is InChI=1S/C21H21Br2N3O3/c22-17-12-15(13-18(23)16(17)14-24)27-9-8-25-4-6-26(7-5-25)19-2-1-3-20-21(19)29-11-10-28-20/h1-3,12-13H,4-11H2. The van der Waals surface area contributed by atoms with Crippen LogP contribution in [-0.2, 0) is 0 Å². The highest BCUT2D eigenvalue weighted by molar-refractivity contribution is 9.11. The topological polar surface area (TPSA) is 58.0 Å². The molecule has 0 amide bonds. The third kappa shape index (κ3) is 4.63. The maximum Gasteiger partial charge on any atom is 0.184 e. The molecule has 0 N–H and O–H groups in total. The molecule has 0 spiro atoms. The van der Waals surface area contributed by atoms with Crippen molar-refractivity contribution < 1.29 is 14.2 Å². The van der Waals surface area contributed by atoms with Gasteiger partial charge in [-0.2, -0.15) is 5.26 Å². The predicted octanol–water partition coefficient (Wildman–Crippen LogP) is 4.06. The Bertz CT molecular complexity index is 901. The first-order valence-electron chi connectivity index (χ1n) is 9.53. The number of hydrogen-bond donors (Lipinski definition) is 0. The molecule has 0 radical (unpaired) electrons. The van der Waals surface area contributed by atoms with Gasteiger partial charge in [0, 0.05) is 41.7 Å². The first-order chi connectivity index (χ1) is 14.2. The summed E-state index contributed by atoms with van der Waals surface area (Å²) in [6.45, 7) is 6.47. The molecule has 2 aliphatic heterocycles. The largest absolute Gasteiger partial charge is 0.492 e. The minimum absolute atomic E-state index is 0.575. The monoisotopic (exact) mass is 521 g/mol. The van der Waals surface area contributed by atoms with E-state index >= 15 is 0 Å². The van der Waals surface area contributed by atoms with E-state index in [-0.39, 0.29) is 0 Å². The van der Waals surface area contributed by atoms with E-state index in [1.54, 1.807) is 0 Å². The SMILES string of the molecule is N#Cc1c(Br)cc(OCCN2CCN(c3cccc4c3OCCO4)CC2)cc1Br. The van der Waals surface area contributed by atoms with Gasteiger partial charge in [-0.05, 0) is 56.1 Å². The maximum atomic E-state index is 9.13. The van der Waals surface area contributed by atoms with Gasteiger partial charge in [-0.15, -0.1) is 0 Å². The van der Waals surface area contributed by atoms with Gasteiger partial charge in [-0.1, -0.05) is 6.07 Å². The smallest absolute Gasteiger partial charge is 0.184 e. The number of benzene rings is 2. The van der Waals surface area contributed by atoms with Crippen molar-refractivity contribution in [3.63, 3.8) is 0 Å². The maximum absolute atomic E-state index is 9.13. The van der Waals surface area contributed by atoms with Crippen molar-refractivity contribution in [2.24, 2.45) is 0 Å². The molecule has 1 fully saturated rings. The molecule has 2 heterocycles. The van der Waals surface area contributed by atoms with Crippen LogP contribution < -0.4 is 19.1 Å². The zero-order valence-corrected chi connectivity index (χ0v) is 19.0. The van der Waals surface area contributed by atoms with Crippen LogP contribution in [-0.4, -0.2) is 57.4 Å². The predicted molar refractivity (Wildman–Crippen MR) is 118 cm³/mol. The summed E-state index contributed by atoms with van der Waals surface area (Å²) in [4.78, 5) is 4.76. The van der Waals surface area contributed by atoms with Crippen molar-refractivity contribution in [1.29, 1.82) is 5.26 Å². The van der Waals surface area contributed by atoms with Crippen molar-refractivity contribution in [3.8, 4) is 23.3 Å². The lowest BCUT2D eigenvalue weighted by molar-refractivity contribution is 0.170. The van der Waals surface area contributed by atoms with Crippen LogP contribution in [0.4, 0.5) is 5.69 Å². The zero-order chi connectivity index (χ0) is 20.2. The quantitative estimate of drug-likeness (QED) is 0.590. The van der Waals surface area contributed by atoms with Crippen LogP contribution in [0, 0.1) is 11.3 Å². The van der Waals surface area contributed by atoms with Crippen molar-refractivity contribution in [1.82, 2.24) is 4.90 Å². The molecule has 6 nitrogen and oxygen atoms in total. The summed E-state index contributed by atoms with van der Waals surface area (Å²) in [5, 5.41) is 9.13. The van der Waals surface area contributed by atoms with Gasteiger partial charge in [0.25, 0.3) is 0 Å². The number of fused-ring (bicyclic) bond motifs is 1. The number of halogens is 2. The van der Waals surface area contributed by atoms with E-state index in [0.29, 0.717) is 25.4 Å². The molecule has 2 aromatic rings. The number of hydrogen-bond acceptors (Lipinski definition) is 6. The fraction of sp³-hybridized carbons (Fsp3) is 0.381. The van der Waals surface area contributed by atoms with E-state index in [1.165, 1.54) is 0 Å². The molecule has 0 atom stereocenters. The van der Waals surface area contributed by atoms with Crippen LogP contribution in [0.15, 0.2) is 39.3 Å². The molecule has 0 aliphatic carbocycles. The number of anilines is 1. The molecular formula is C21H21Br2N3O3. The summed E-state index contributed by atoms with van der Waals surface area (Å²) >= 11 is 6.83. The molecule has 0 bridgehead atoms. The van der Waals surface area contributed by atoms with E-state index < -0.39 is 0 Å². The van der Waals surface area contributed by atoms with Crippen LogP contribution in [0.3, 0.4) is 0 Å². The van der Waals surface area contributed by atoms with E-state index in [1.807, 2.05) is 24.3 Å². The van der Waals surface area contributed by atoms with Crippen molar-refractivity contribution in [2.45, 2.75) is 0 Å². The molecular weight excluding hydrogens is 502 g/mol. The van der Waals surface area contributed by atoms with E-state index in [4.69, 9.17) is 19.5 Å². The van der Waals surface area contributed by atoms with Crippen LogP contribution in [0.2, 0.25) is 0 Å². The van der Waals surface area contributed by atoms with E-state index in [9.17, 15) is 0 Å². The lowest BCUT2D eigenvalue weighted by atomic mass is 10.2. The Kier molecular flexibility index (Phi) is 6.48. The Labute approximate surface area is 187 Å². The van der Waals surface area contributed by atoms with Crippen LogP contribution in [0.5, 0.6) is 17.2 Å². The number of para-hydroxylation sites is 1. The normalized spacial score (nSPS) is 16.4. The first kappa shape index (κ1) is 20.3. The fourth-order valence-corrected chi connectivity index (χ4v) is 4.87. The summed E-state index contributed by atoms with van der Waals surface area (Å²) in [6.07, 6.45) is 0. The number of rotatable bonds is 5. The van der Waals surface area contributed by atoms with Crippen LogP contribution in [0.25, 0.3) is 0 Å². The number of nitriles is 1. The Morgan fingerprint density at radius 1 is 1.03 bits per heavy atom. The molecule has 152 valence electrons. The number of ether oxygens (including phenoxy) is 3. The summed E-state index contributed by atoms with van der Waals surface area (Å²) in [6, 6.07) is 11.9. The molecule has 4 rings (SSSR count). The van der Waals surface area contributed by atoms with Gasteiger partial charge >= 0.3 is 0 Å². The average Bonchev–Trinajstić information content (AvgIpc) is 2.74. The summed E-state index contributed by atoms with van der Waals surface area (Å²) in [5.41, 5.74) is 1.69. The molecule has 2 aromatic carbocycles. The molecule has 0 saturated carbocycles. The first-order valence-corrected chi connectivity index (χ1v) is 11.1. The molecule has 1 saturated heterocycles. The second kappa shape index (κ2) is 9.24. The summed E-state index contributed by atoms with van der Waals surface area (Å²) in [5.74, 6) is 2.45. The lowest BCUT2D eigenvalue weighted by Gasteiger charge is -2.37. The highest BCUT2D eigenvalue weighted by Crippen LogP contribution is 2.39. The van der Waals surface area contributed by atoms with Crippen molar-refractivity contribution in [2.75, 3.05) is 57.4 Å². The number of piperazine rings is 1. The van der Waals surface area contributed by atoms with Gasteiger partial charge in [0.05, 0.1) is 11.3 Å². The Hall–Kier alpha value is -1.95. The van der Waals surface area contributed by atoms with Crippen molar-refractivity contribution in [3.05, 3.63) is 44.8 Å². The van der Waals surface area contributed by atoms with Crippen molar-refractivity contribution >= 4 is 37.5 Å². The van der Waals surface area contributed by atoms with Gasteiger partial charge in [0.2, 0.25) is 0 Å². The average molecular weight is 523 g/mol. The highest BCUT2D eigenvalue weighted by Gasteiger charge is 2.23. The molecule has 8 heteroatoms. The Morgan fingerprint density at radius 2 is 1.76 bits per heavy atom. The van der Waals surface area contributed by atoms with Gasteiger partial charge in [-0.25, -0.2) is 0 Å². The minimum atomic E-state index is 0.575. The zero-order valence-electron chi connectivity index (χ0n) is 15.9. The Balaban J connectivity index is 1.29. The number of nitrogens with zero attached hydrogens (tertiary/aromatic N) is 3. The summed E-state index contributed by atoms with van der Waals surface area (Å²) in [7, 11) is 0. The molecule has 0 unspecified atom stereocenters. The second-order valence-electron chi connectivity index (χ2n) is 6.85. The second-order valence-corrected chi connectivity index (χ2v) is 8.56. The van der Waals surface area contributed by atoms with Crippen LogP contribution >= 0.6 is 31.9 Å². The van der Waals surface area contributed by atoms with E-state index in [2.05, 4.69) is 53.8 Å². The third-order valence-corrected chi connectivity index (χ3v) is 6.31. The fourth-order valence-electron chi connectivity index (χ4n) is 3.55. The lowest BCUT2D eigenvalue weighted by Crippen LogP contribution is -2.47. The van der Waals surface area contributed by atoms with Gasteiger partial charge in [-0.3, -0.25) is 4.90 Å². The third-order valence-electron chi connectivity index (χ3n) is 5.06. The van der Waals surface area contributed by atoms with Gasteiger partial charge in [0.1, 0.15) is 31.6 Å². The Morgan fingerprint density at radius 3 is 2.48 bits per heavy atom. The van der Waals surface area contributed by atoms with Gasteiger partial charge in [0.15, 0.2) is 11.5 Å². The highest BCUT2D eigenvalue weighted by atomic mass is 79.9. The molecule has 29 heavy (non-hydrogen) atoms. The summed E-state index contributed by atoms with van der Waals surface area (Å²) < 4.78 is 18.9. The van der Waals surface area contributed by atoms with Gasteiger partial charge < -0.3 is 19.1 Å². The molecule has 2 aliphatic rings. The van der Waals surface area contributed by atoms with E-state index in [0.717, 1.165) is 64.6 Å².